The summed E-state index contributed by atoms with van der Waals surface area (Å²) in [7, 11) is 0. The van der Waals surface area contributed by atoms with E-state index in [1.165, 1.54) is 38.9 Å². The molecule has 5 nitrogen and oxygen atoms in total. The van der Waals surface area contributed by atoms with Crippen molar-refractivity contribution in [2.75, 3.05) is 46.0 Å². The molecular formula is C16H32N2O3. The molecule has 2 rings (SSSR count). The fourth-order valence-electron chi connectivity index (χ4n) is 3.15. The van der Waals surface area contributed by atoms with Crippen LogP contribution < -0.4 is 5.32 Å². The summed E-state index contributed by atoms with van der Waals surface area (Å²) in [6.07, 6.45) is 5.65. The molecule has 0 aliphatic carbocycles. The van der Waals surface area contributed by atoms with Gasteiger partial charge < -0.3 is 24.8 Å². The molecule has 5 heteroatoms. The van der Waals surface area contributed by atoms with Crippen LogP contribution in [-0.4, -0.2) is 74.3 Å². The van der Waals surface area contributed by atoms with E-state index >= 15 is 0 Å². The molecule has 2 heterocycles. The number of nitrogens with one attached hydrogen (secondary N) is 1. The second-order valence-electron chi connectivity index (χ2n) is 6.35. The zero-order valence-electron chi connectivity index (χ0n) is 13.4. The summed E-state index contributed by atoms with van der Waals surface area (Å²) in [5.74, 6) is 0. The maximum atomic E-state index is 9.95. The van der Waals surface area contributed by atoms with Crippen LogP contribution >= 0.6 is 0 Å². The molecule has 0 amide bonds. The molecule has 0 bridgehead atoms. The second-order valence-corrected chi connectivity index (χ2v) is 6.35. The second kappa shape index (κ2) is 9.74. The molecule has 2 fully saturated rings. The Morgan fingerprint density at radius 2 is 2.14 bits per heavy atom. The number of rotatable bonds is 9. The fourth-order valence-corrected chi connectivity index (χ4v) is 3.15. The van der Waals surface area contributed by atoms with Crippen molar-refractivity contribution in [2.24, 2.45) is 0 Å². The summed E-state index contributed by atoms with van der Waals surface area (Å²) in [6, 6.07) is 0.547. The van der Waals surface area contributed by atoms with E-state index in [-0.39, 0.29) is 6.10 Å². The highest BCUT2D eigenvalue weighted by atomic mass is 16.5. The molecule has 2 aliphatic rings. The van der Waals surface area contributed by atoms with Crippen molar-refractivity contribution in [2.45, 2.75) is 57.3 Å². The van der Waals surface area contributed by atoms with Crippen molar-refractivity contribution in [3.05, 3.63) is 0 Å². The van der Waals surface area contributed by atoms with Crippen LogP contribution in [0.1, 0.15) is 39.0 Å². The molecule has 0 aromatic rings. The van der Waals surface area contributed by atoms with Gasteiger partial charge in [0.2, 0.25) is 0 Å². The van der Waals surface area contributed by atoms with Crippen molar-refractivity contribution in [1.29, 1.82) is 0 Å². The predicted octanol–water partition coefficient (Wildman–Crippen LogP) is 1.01. The number of hydrogen-bond donors (Lipinski definition) is 2. The minimum Gasteiger partial charge on any atom is -0.389 e. The first-order chi connectivity index (χ1) is 10.3. The van der Waals surface area contributed by atoms with Gasteiger partial charge in [-0.1, -0.05) is 6.92 Å². The average molecular weight is 300 g/mol. The Morgan fingerprint density at radius 3 is 2.81 bits per heavy atom. The van der Waals surface area contributed by atoms with Gasteiger partial charge in [-0.05, 0) is 51.7 Å². The van der Waals surface area contributed by atoms with Gasteiger partial charge in [0.25, 0.3) is 0 Å². The van der Waals surface area contributed by atoms with Crippen LogP contribution in [0.15, 0.2) is 0 Å². The van der Waals surface area contributed by atoms with Crippen LogP contribution in [-0.2, 0) is 9.47 Å². The quantitative estimate of drug-likeness (QED) is 0.665. The summed E-state index contributed by atoms with van der Waals surface area (Å²) in [5.41, 5.74) is 0. The summed E-state index contributed by atoms with van der Waals surface area (Å²) < 4.78 is 11.0. The zero-order chi connectivity index (χ0) is 14.9. The third-order valence-electron chi connectivity index (χ3n) is 4.41. The van der Waals surface area contributed by atoms with Crippen LogP contribution in [0.5, 0.6) is 0 Å². The van der Waals surface area contributed by atoms with Crippen LogP contribution in [0, 0.1) is 0 Å². The molecular weight excluding hydrogens is 268 g/mol. The number of hydrogen-bond acceptors (Lipinski definition) is 5. The van der Waals surface area contributed by atoms with E-state index < -0.39 is 6.10 Å². The molecule has 2 N–H and O–H groups in total. The Hall–Kier alpha value is -0.200. The lowest BCUT2D eigenvalue weighted by Crippen LogP contribution is -2.45. The maximum Gasteiger partial charge on any atom is 0.0897 e. The molecule has 2 atom stereocenters. The van der Waals surface area contributed by atoms with Gasteiger partial charge in [-0.25, -0.2) is 0 Å². The summed E-state index contributed by atoms with van der Waals surface area (Å²) in [5, 5.41) is 13.4. The number of ether oxygens (including phenoxy) is 2. The molecule has 124 valence electrons. The van der Waals surface area contributed by atoms with E-state index in [0.29, 0.717) is 25.8 Å². The number of piperidine rings is 1. The Labute approximate surface area is 129 Å². The molecule has 0 radical (unpaired) electrons. The highest BCUT2D eigenvalue weighted by Gasteiger charge is 2.19. The third-order valence-corrected chi connectivity index (χ3v) is 4.41. The third kappa shape index (κ3) is 6.61. The first kappa shape index (κ1) is 17.2. The standard InChI is InChI=1S/C16H32N2O3/c1-2-7-18-8-5-14(6-9-18)17-11-15(19)12-20-13-16-4-3-10-21-16/h14-17,19H,2-13H2,1H3. The topological polar surface area (TPSA) is 54.0 Å². The Morgan fingerprint density at radius 1 is 1.33 bits per heavy atom. The number of aliphatic hydroxyl groups excluding tert-OH is 1. The Balaban J connectivity index is 1.48. The smallest absolute Gasteiger partial charge is 0.0897 e. The van der Waals surface area contributed by atoms with E-state index in [1.54, 1.807) is 0 Å². The van der Waals surface area contributed by atoms with Crippen molar-refractivity contribution in [3.8, 4) is 0 Å². The first-order valence-electron chi connectivity index (χ1n) is 8.61. The van der Waals surface area contributed by atoms with E-state index in [9.17, 15) is 5.11 Å². The molecule has 0 saturated carbocycles. The Kier molecular flexibility index (Phi) is 7.96. The van der Waals surface area contributed by atoms with Crippen molar-refractivity contribution in [3.63, 3.8) is 0 Å². The van der Waals surface area contributed by atoms with Crippen LogP contribution in [0.3, 0.4) is 0 Å². The van der Waals surface area contributed by atoms with Crippen LogP contribution in [0.4, 0.5) is 0 Å². The Bertz CT molecular complexity index is 264. The lowest BCUT2D eigenvalue weighted by molar-refractivity contribution is -0.0173. The molecule has 2 aliphatic heterocycles. The van der Waals surface area contributed by atoms with Gasteiger partial charge in [0, 0.05) is 19.2 Å². The summed E-state index contributed by atoms with van der Waals surface area (Å²) in [6.45, 7) is 8.31. The first-order valence-corrected chi connectivity index (χ1v) is 8.61. The fraction of sp³-hybridized carbons (Fsp3) is 1.00. The lowest BCUT2D eigenvalue weighted by atomic mass is 10.0. The van der Waals surface area contributed by atoms with E-state index in [0.717, 1.165) is 19.4 Å². The lowest BCUT2D eigenvalue weighted by Gasteiger charge is -2.32. The monoisotopic (exact) mass is 300 g/mol. The van der Waals surface area contributed by atoms with E-state index in [1.807, 2.05) is 0 Å². The van der Waals surface area contributed by atoms with Gasteiger partial charge in [0.15, 0.2) is 0 Å². The maximum absolute atomic E-state index is 9.95. The van der Waals surface area contributed by atoms with Gasteiger partial charge in [0.05, 0.1) is 25.4 Å². The van der Waals surface area contributed by atoms with Gasteiger partial charge in [-0.3, -0.25) is 0 Å². The molecule has 0 aromatic carbocycles. The largest absolute Gasteiger partial charge is 0.389 e. The van der Waals surface area contributed by atoms with E-state index in [2.05, 4.69) is 17.1 Å². The summed E-state index contributed by atoms with van der Waals surface area (Å²) in [4.78, 5) is 2.53. The molecule has 2 unspecified atom stereocenters. The van der Waals surface area contributed by atoms with Crippen molar-refractivity contribution >= 4 is 0 Å². The highest BCUT2D eigenvalue weighted by Crippen LogP contribution is 2.12. The van der Waals surface area contributed by atoms with Gasteiger partial charge >= 0.3 is 0 Å². The minimum absolute atomic E-state index is 0.244. The van der Waals surface area contributed by atoms with Crippen LogP contribution in [0.25, 0.3) is 0 Å². The van der Waals surface area contributed by atoms with Crippen LogP contribution in [0.2, 0.25) is 0 Å². The van der Waals surface area contributed by atoms with Crippen molar-refractivity contribution in [1.82, 2.24) is 10.2 Å². The molecule has 0 spiro atoms. The molecule has 0 aromatic heterocycles. The average Bonchev–Trinajstić information content (AvgIpc) is 3.00. The minimum atomic E-state index is -0.417. The van der Waals surface area contributed by atoms with Gasteiger partial charge in [-0.15, -0.1) is 0 Å². The van der Waals surface area contributed by atoms with Crippen molar-refractivity contribution < 1.29 is 14.6 Å². The van der Waals surface area contributed by atoms with E-state index in [4.69, 9.17) is 9.47 Å². The SMILES string of the molecule is CCCN1CCC(NCC(O)COCC2CCCO2)CC1. The zero-order valence-corrected chi connectivity index (χ0v) is 13.4. The summed E-state index contributed by atoms with van der Waals surface area (Å²) >= 11 is 0. The highest BCUT2D eigenvalue weighted by molar-refractivity contribution is 4.78. The number of likely N-dealkylation sites (tertiary alicyclic amines) is 1. The normalized spacial score (nSPS) is 26.3. The number of nitrogens with zero attached hydrogens (tertiary/aromatic N) is 1. The van der Waals surface area contributed by atoms with Gasteiger partial charge in [0.1, 0.15) is 0 Å². The molecule has 21 heavy (non-hydrogen) atoms. The number of aliphatic hydroxyl groups is 1. The van der Waals surface area contributed by atoms with Gasteiger partial charge in [-0.2, -0.15) is 0 Å². The molecule has 2 saturated heterocycles. The predicted molar refractivity (Wildman–Crippen MR) is 83.6 cm³/mol.